The van der Waals surface area contributed by atoms with Gasteiger partial charge in [0.1, 0.15) is 0 Å². The van der Waals surface area contributed by atoms with E-state index in [0.717, 1.165) is 45.8 Å². The Labute approximate surface area is 130 Å². The van der Waals surface area contributed by atoms with Gasteiger partial charge < -0.3 is 19.9 Å². The van der Waals surface area contributed by atoms with Crippen molar-refractivity contribution in [1.82, 2.24) is 10.2 Å². The fraction of sp³-hybridized carbons (Fsp3) is 1.00. The van der Waals surface area contributed by atoms with Crippen LogP contribution in [0.3, 0.4) is 0 Å². The quantitative estimate of drug-likeness (QED) is 0.532. The molecule has 126 valence electrons. The average molecular weight is 302 g/mol. The van der Waals surface area contributed by atoms with Crippen molar-refractivity contribution in [3.8, 4) is 0 Å². The van der Waals surface area contributed by atoms with Crippen molar-refractivity contribution in [2.24, 2.45) is 0 Å². The number of nitrogens with one attached hydrogen (secondary N) is 1. The summed E-state index contributed by atoms with van der Waals surface area (Å²) in [6, 6.07) is 0. The molecule has 1 aliphatic heterocycles. The van der Waals surface area contributed by atoms with Gasteiger partial charge >= 0.3 is 0 Å². The maximum atomic E-state index is 9.84. The topological polar surface area (TPSA) is 54.0 Å². The second kappa shape index (κ2) is 12.4. The summed E-state index contributed by atoms with van der Waals surface area (Å²) in [5, 5.41) is 13.1. The first-order chi connectivity index (χ1) is 10.3. The Kier molecular flexibility index (Phi) is 11.1. The third kappa shape index (κ3) is 9.42. The average Bonchev–Trinajstić information content (AvgIpc) is 2.51. The fourth-order valence-electron chi connectivity index (χ4n) is 2.51. The van der Waals surface area contributed by atoms with Crippen molar-refractivity contribution in [3.05, 3.63) is 0 Å². The smallest absolute Gasteiger partial charge is 0.0897 e. The largest absolute Gasteiger partial charge is 0.389 e. The number of nitrogens with zero attached hydrogens (tertiary/aromatic N) is 1. The molecule has 2 unspecified atom stereocenters. The third-order valence-corrected chi connectivity index (χ3v) is 3.87. The number of unbranched alkanes of at least 4 members (excludes halogenated alkanes) is 3. The van der Waals surface area contributed by atoms with Crippen LogP contribution in [0.5, 0.6) is 0 Å². The van der Waals surface area contributed by atoms with E-state index in [1.807, 2.05) is 0 Å². The number of rotatable bonds is 12. The van der Waals surface area contributed by atoms with Gasteiger partial charge in [-0.25, -0.2) is 0 Å². The molecule has 0 aliphatic carbocycles. The highest BCUT2D eigenvalue weighted by atomic mass is 16.5. The molecule has 2 N–H and O–H groups in total. The molecule has 0 amide bonds. The van der Waals surface area contributed by atoms with E-state index < -0.39 is 6.10 Å². The molecule has 2 atom stereocenters. The summed E-state index contributed by atoms with van der Waals surface area (Å²) in [5.74, 6) is 0. The number of hydrogen-bond acceptors (Lipinski definition) is 5. The molecule has 5 nitrogen and oxygen atoms in total. The molecule has 5 heteroatoms. The predicted octanol–water partition coefficient (Wildman–Crippen LogP) is 1.25. The lowest BCUT2D eigenvalue weighted by molar-refractivity contribution is -0.0276. The van der Waals surface area contributed by atoms with Gasteiger partial charge in [-0.3, -0.25) is 4.90 Å². The summed E-state index contributed by atoms with van der Waals surface area (Å²) in [4.78, 5) is 2.39. The van der Waals surface area contributed by atoms with Crippen molar-refractivity contribution in [2.45, 2.75) is 51.7 Å². The number of hydrogen-bond donors (Lipinski definition) is 2. The van der Waals surface area contributed by atoms with Crippen LogP contribution < -0.4 is 5.32 Å². The van der Waals surface area contributed by atoms with Gasteiger partial charge in [-0.05, 0) is 13.0 Å². The van der Waals surface area contributed by atoms with Gasteiger partial charge in [0.15, 0.2) is 0 Å². The summed E-state index contributed by atoms with van der Waals surface area (Å²) < 4.78 is 11.2. The van der Waals surface area contributed by atoms with E-state index in [2.05, 4.69) is 24.1 Å². The molecule has 1 rings (SSSR count). The van der Waals surface area contributed by atoms with E-state index in [9.17, 15) is 5.11 Å². The van der Waals surface area contributed by atoms with Crippen LogP contribution in [-0.4, -0.2) is 74.8 Å². The first-order valence-electron chi connectivity index (χ1n) is 8.56. The molecule has 0 radical (unpaired) electrons. The highest BCUT2D eigenvalue weighted by molar-refractivity contribution is 4.73. The molecule has 0 spiro atoms. The summed E-state index contributed by atoms with van der Waals surface area (Å²) in [6.45, 7) is 10.8. The lowest BCUT2D eigenvalue weighted by atomic mass is 10.2. The molecule has 21 heavy (non-hydrogen) atoms. The summed E-state index contributed by atoms with van der Waals surface area (Å²) in [6.07, 6.45) is 4.63. The zero-order chi connectivity index (χ0) is 15.3. The second-order valence-electron chi connectivity index (χ2n) is 5.83. The van der Waals surface area contributed by atoms with Crippen LogP contribution in [0.1, 0.15) is 39.5 Å². The molecule has 0 aromatic carbocycles. The zero-order valence-electron chi connectivity index (χ0n) is 13.9. The Hall–Kier alpha value is -0.200. The van der Waals surface area contributed by atoms with Crippen LogP contribution >= 0.6 is 0 Å². The van der Waals surface area contributed by atoms with Crippen molar-refractivity contribution in [1.29, 1.82) is 0 Å². The van der Waals surface area contributed by atoms with Gasteiger partial charge in [0, 0.05) is 32.8 Å². The first kappa shape index (κ1) is 18.8. The van der Waals surface area contributed by atoms with E-state index in [0.29, 0.717) is 13.2 Å². The molecule has 0 saturated carbocycles. The van der Waals surface area contributed by atoms with E-state index >= 15 is 0 Å². The number of ether oxygens (including phenoxy) is 2. The Morgan fingerprint density at radius 3 is 2.95 bits per heavy atom. The lowest BCUT2D eigenvalue weighted by Gasteiger charge is -2.32. The van der Waals surface area contributed by atoms with Crippen LogP contribution in [0, 0.1) is 0 Å². The number of aliphatic hydroxyl groups is 1. The summed E-state index contributed by atoms with van der Waals surface area (Å²) >= 11 is 0. The predicted molar refractivity (Wildman–Crippen MR) is 85.7 cm³/mol. The molecule has 0 bridgehead atoms. The van der Waals surface area contributed by atoms with Crippen molar-refractivity contribution in [2.75, 3.05) is 52.5 Å². The normalized spacial score (nSPS) is 21.6. The molecule has 1 heterocycles. The van der Waals surface area contributed by atoms with Gasteiger partial charge in [-0.2, -0.15) is 0 Å². The van der Waals surface area contributed by atoms with Gasteiger partial charge in [0.05, 0.1) is 25.4 Å². The minimum atomic E-state index is -0.429. The second-order valence-corrected chi connectivity index (χ2v) is 5.83. The standard InChI is InChI=1S/C16H34N2O3/c1-3-5-6-7-9-20-14-15(19)11-17-12-16-13-18(4-2)8-10-21-16/h15-17,19H,3-14H2,1-2H3. The number of aliphatic hydroxyl groups excluding tert-OH is 1. The van der Waals surface area contributed by atoms with Crippen LogP contribution in [0.15, 0.2) is 0 Å². The summed E-state index contributed by atoms with van der Waals surface area (Å²) in [7, 11) is 0. The van der Waals surface area contributed by atoms with Crippen LogP contribution in [0.25, 0.3) is 0 Å². The van der Waals surface area contributed by atoms with E-state index in [-0.39, 0.29) is 6.10 Å². The maximum Gasteiger partial charge on any atom is 0.0897 e. The van der Waals surface area contributed by atoms with Gasteiger partial charge in [-0.15, -0.1) is 0 Å². The Morgan fingerprint density at radius 1 is 1.33 bits per heavy atom. The lowest BCUT2D eigenvalue weighted by Crippen LogP contribution is -2.47. The maximum absolute atomic E-state index is 9.84. The van der Waals surface area contributed by atoms with Crippen molar-refractivity contribution in [3.63, 3.8) is 0 Å². The minimum absolute atomic E-state index is 0.237. The zero-order valence-corrected chi connectivity index (χ0v) is 13.9. The third-order valence-electron chi connectivity index (χ3n) is 3.87. The molecular formula is C16H34N2O3. The Bertz CT molecular complexity index is 242. The van der Waals surface area contributed by atoms with Crippen molar-refractivity contribution < 1.29 is 14.6 Å². The van der Waals surface area contributed by atoms with E-state index in [1.54, 1.807) is 0 Å². The molecule has 0 aromatic rings. The molecule has 1 saturated heterocycles. The monoisotopic (exact) mass is 302 g/mol. The highest BCUT2D eigenvalue weighted by Gasteiger charge is 2.18. The molecule has 1 fully saturated rings. The molecular weight excluding hydrogens is 268 g/mol. The first-order valence-corrected chi connectivity index (χ1v) is 8.56. The van der Waals surface area contributed by atoms with Gasteiger partial charge in [0.25, 0.3) is 0 Å². The SMILES string of the molecule is CCCCCCOCC(O)CNCC1CN(CC)CCO1. The molecule has 1 aliphatic rings. The number of likely N-dealkylation sites (N-methyl/N-ethyl adjacent to an activating group) is 1. The van der Waals surface area contributed by atoms with Crippen LogP contribution in [-0.2, 0) is 9.47 Å². The fourth-order valence-corrected chi connectivity index (χ4v) is 2.51. The van der Waals surface area contributed by atoms with Crippen LogP contribution in [0.4, 0.5) is 0 Å². The van der Waals surface area contributed by atoms with Gasteiger partial charge in [0.2, 0.25) is 0 Å². The van der Waals surface area contributed by atoms with E-state index in [4.69, 9.17) is 9.47 Å². The molecule has 0 aromatic heterocycles. The van der Waals surface area contributed by atoms with Crippen molar-refractivity contribution >= 4 is 0 Å². The highest BCUT2D eigenvalue weighted by Crippen LogP contribution is 2.03. The Morgan fingerprint density at radius 2 is 2.19 bits per heavy atom. The Balaban J connectivity index is 1.94. The number of morpholine rings is 1. The van der Waals surface area contributed by atoms with Crippen LogP contribution in [0.2, 0.25) is 0 Å². The van der Waals surface area contributed by atoms with E-state index in [1.165, 1.54) is 19.3 Å². The minimum Gasteiger partial charge on any atom is -0.389 e. The summed E-state index contributed by atoms with van der Waals surface area (Å²) in [5.41, 5.74) is 0. The van der Waals surface area contributed by atoms with Gasteiger partial charge in [-0.1, -0.05) is 33.1 Å².